The van der Waals surface area contributed by atoms with E-state index in [1.54, 1.807) is 18.7 Å². The third kappa shape index (κ3) is 4.54. The Balaban J connectivity index is 2.45. The molecule has 0 spiro atoms. The smallest absolute Gasteiger partial charge is 0.309 e. The van der Waals surface area contributed by atoms with Gasteiger partial charge in [-0.05, 0) is 26.7 Å². The molecule has 6 heteroatoms. The number of carbonyl (C=O) groups is 3. The summed E-state index contributed by atoms with van der Waals surface area (Å²) in [5.74, 6) is -1.15. The SMILES string of the molecule is CC(=O)NC1CCN(C(=O)CC(C)(C)C(=O)O)CC1. The van der Waals surface area contributed by atoms with E-state index in [0.717, 1.165) is 12.8 Å². The molecule has 108 valence electrons. The fourth-order valence-electron chi connectivity index (χ4n) is 2.13. The second-order valence-electron chi connectivity index (χ2n) is 5.72. The molecule has 0 aliphatic carbocycles. The number of carboxylic acids is 1. The molecule has 1 saturated heterocycles. The van der Waals surface area contributed by atoms with Crippen LogP contribution in [0.1, 0.15) is 40.0 Å². The summed E-state index contributed by atoms with van der Waals surface area (Å²) in [7, 11) is 0. The standard InChI is InChI=1S/C13H22N2O4/c1-9(16)14-10-4-6-15(7-5-10)11(17)8-13(2,3)12(18)19/h10H,4-8H2,1-3H3,(H,14,16)(H,18,19). The third-order valence-corrected chi connectivity index (χ3v) is 3.43. The van der Waals surface area contributed by atoms with Crippen molar-refractivity contribution in [3.63, 3.8) is 0 Å². The van der Waals surface area contributed by atoms with E-state index in [1.807, 2.05) is 0 Å². The zero-order valence-corrected chi connectivity index (χ0v) is 11.7. The third-order valence-electron chi connectivity index (χ3n) is 3.43. The molecule has 0 aromatic heterocycles. The summed E-state index contributed by atoms with van der Waals surface area (Å²) in [6.07, 6.45) is 1.45. The Morgan fingerprint density at radius 2 is 1.79 bits per heavy atom. The molecule has 1 rings (SSSR count). The highest BCUT2D eigenvalue weighted by Gasteiger charge is 2.33. The summed E-state index contributed by atoms with van der Waals surface area (Å²) in [4.78, 5) is 35.6. The van der Waals surface area contributed by atoms with E-state index in [0.29, 0.717) is 13.1 Å². The molecule has 0 unspecified atom stereocenters. The summed E-state index contributed by atoms with van der Waals surface area (Å²) in [5.41, 5.74) is -1.04. The predicted octanol–water partition coefficient (Wildman–Crippen LogP) is 0.614. The van der Waals surface area contributed by atoms with Crippen LogP contribution >= 0.6 is 0 Å². The average Bonchev–Trinajstić information content (AvgIpc) is 2.28. The maximum Gasteiger partial charge on any atom is 0.309 e. The number of likely N-dealkylation sites (tertiary alicyclic amines) is 1. The van der Waals surface area contributed by atoms with Crippen LogP contribution in [0.3, 0.4) is 0 Å². The van der Waals surface area contributed by atoms with E-state index in [1.165, 1.54) is 6.92 Å². The van der Waals surface area contributed by atoms with Crippen molar-refractivity contribution in [2.75, 3.05) is 13.1 Å². The van der Waals surface area contributed by atoms with Crippen molar-refractivity contribution in [1.29, 1.82) is 0 Å². The van der Waals surface area contributed by atoms with Crippen molar-refractivity contribution in [2.24, 2.45) is 5.41 Å². The molecular weight excluding hydrogens is 248 g/mol. The van der Waals surface area contributed by atoms with E-state index >= 15 is 0 Å². The molecule has 2 N–H and O–H groups in total. The van der Waals surface area contributed by atoms with Gasteiger partial charge in [-0.2, -0.15) is 0 Å². The minimum atomic E-state index is -1.04. The van der Waals surface area contributed by atoms with Crippen molar-refractivity contribution in [1.82, 2.24) is 10.2 Å². The molecule has 0 aromatic rings. The highest BCUT2D eigenvalue weighted by atomic mass is 16.4. The number of carboxylic acid groups (broad SMARTS) is 1. The van der Waals surface area contributed by atoms with Crippen LogP contribution in [0.5, 0.6) is 0 Å². The van der Waals surface area contributed by atoms with Crippen molar-refractivity contribution < 1.29 is 19.5 Å². The minimum Gasteiger partial charge on any atom is -0.481 e. The number of nitrogens with zero attached hydrogens (tertiary/aromatic N) is 1. The molecule has 1 heterocycles. The van der Waals surface area contributed by atoms with Gasteiger partial charge in [0.15, 0.2) is 0 Å². The molecule has 1 aliphatic rings. The Morgan fingerprint density at radius 1 is 1.26 bits per heavy atom. The summed E-state index contributed by atoms with van der Waals surface area (Å²) >= 11 is 0. The Bertz CT molecular complexity index is 371. The summed E-state index contributed by atoms with van der Waals surface area (Å²) in [5, 5.41) is 11.8. The minimum absolute atomic E-state index is 0.00708. The molecule has 1 fully saturated rings. The van der Waals surface area contributed by atoms with Gasteiger partial charge < -0.3 is 15.3 Å². The normalized spacial score (nSPS) is 17.1. The molecule has 0 aromatic carbocycles. The van der Waals surface area contributed by atoms with E-state index in [4.69, 9.17) is 5.11 Å². The highest BCUT2D eigenvalue weighted by Crippen LogP contribution is 2.23. The van der Waals surface area contributed by atoms with E-state index < -0.39 is 11.4 Å². The van der Waals surface area contributed by atoms with Gasteiger partial charge in [-0.1, -0.05) is 0 Å². The predicted molar refractivity (Wildman–Crippen MR) is 69.5 cm³/mol. The van der Waals surface area contributed by atoms with Gasteiger partial charge in [-0.3, -0.25) is 14.4 Å². The number of amides is 2. The van der Waals surface area contributed by atoms with Crippen LogP contribution < -0.4 is 5.32 Å². The maximum absolute atomic E-state index is 12.0. The Kier molecular flexibility index (Phi) is 4.91. The molecule has 0 radical (unpaired) electrons. The van der Waals surface area contributed by atoms with Crippen LogP contribution in [-0.4, -0.2) is 46.9 Å². The molecule has 1 aliphatic heterocycles. The summed E-state index contributed by atoms with van der Waals surface area (Å²) in [6.45, 7) is 5.72. The number of nitrogens with one attached hydrogen (secondary N) is 1. The summed E-state index contributed by atoms with van der Waals surface area (Å²) < 4.78 is 0. The Morgan fingerprint density at radius 3 is 2.21 bits per heavy atom. The topological polar surface area (TPSA) is 86.7 Å². The van der Waals surface area contributed by atoms with Crippen LogP contribution in [0.15, 0.2) is 0 Å². The van der Waals surface area contributed by atoms with E-state index in [9.17, 15) is 14.4 Å². The molecule has 0 atom stereocenters. The molecule has 6 nitrogen and oxygen atoms in total. The Labute approximate surface area is 113 Å². The first-order valence-corrected chi connectivity index (χ1v) is 6.50. The lowest BCUT2D eigenvalue weighted by Crippen LogP contribution is -2.47. The quantitative estimate of drug-likeness (QED) is 0.783. The number of hydrogen-bond donors (Lipinski definition) is 2. The molecular formula is C13H22N2O4. The number of carbonyl (C=O) groups excluding carboxylic acids is 2. The van der Waals surface area contributed by atoms with Crippen LogP contribution in [0.4, 0.5) is 0 Å². The monoisotopic (exact) mass is 270 g/mol. The van der Waals surface area contributed by atoms with Gasteiger partial charge in [-0.25, -0.2) is 0 Å². The first-order valence-electron chi connectivity index (χ1n) is 6.50. The van der Waals surface area contributed by atoms with Gasteiger partial charge in [0.05, 0.1) is 5.41 Å². The fraction of sp³-hybridized carbons (Fsp3) is 0.769. The molecule has 2 amide bonds. The Hall–Kier alpha value is -1.59. The van der Waals surface area contributed by atoms with E-state index in [2.05, 4.69) is 5.32 Å². The first-order chi connectivity index (χ1) is 8.72. The fourth-order valence-corrected chi connectivity index (χ4v) is 2.13. The van der Waals surface area contributed by atoms with Crippen LogP contribution in [0.2, 0.25) is 0 Å². The number of aliphatic carboxylic acids is 1. The van der Waals surface area contributed by atoms with Crippen molar-refractivity contribution in [2.45, 2.75) is 46.1 Å². The molecule has 0 bridgehead atoms. The van der Waals surface area contributed by atoms with Crippen molar-refractivity contribution in [3.8, 4) is 0 Å². The summed E-state index contributed by atoms with van der Waals surface area (Å²) in [6, 6.07) is 0.119. The van der Waals surface area contributed by atoms with Gasteiger partial charge in [0.1, 0.15) is 0 Å². The second-order valence-corrected chi connectivity index (χ2v) is 5.72. The largest absolute Gasteiger partial charge is 0.481 e. The lowest BCUT2D eigenvalue weighted by atomic mass is 9.88. The number of rotatable bonds is 4. The van der Waals surface area contributed by atoms with Gasteiger partial charge in [0, 0.05) is 32.5 Å². The van der Waals surface area contributed by atoms with Crippen LogP contribution in [0.25, 0.3) is 0 Å². The van der Waals surface area contributed by atoms with Gasteiger partial charge in [0.25, 0.3) is 0 Å². The average molecular weight is 270 g/mol. The van der Waals surface area contributed by atoms with Gasteiger partial charge in [0.2, 0.25) is 11.8 Å². The van der Waals surface area contributed by atoms with Crippen molar-refractivity contribution >= 4 is 17.8 Å². The highest BCUT2D eigenvalue weighted by molar-refractivity contribution is 5.84. The van der Waals surface area contributed by atoms with Gasteiger partial charge in [-0.15, -0.1) is 0 Å². The zero-order valence-electron chi connectivity index (χ0n) is 11.7. The van der Waals surface area contributed by atoms with Crippen LogP contribution in [-0.2, 0) is 14.4 Å². The second kappa shape index (κ2) is 6.04. The lowest BCUT2D eigenvalue weighted by Gasteiger charge is -2.33. The zero-order chi connectivity index (χ0) is 14.6. The number of piperidine rings is 1. The lowest BCUT2D eigenvalue weighted by molar-refractivity contribution is -0.151. The maximum atomic E-state index is 12.0. The van der Waals surface area contributed by atoms with E-state index in [-0.39, 0.29) is 24.3 Å². The molecule has 0 saturated carbocycles. The number of hydrogen-bond acceptors (Lipinski definition) is 3. The molecule has 19 heavy (non-hydrogen) atoms. The van der Waals surface area contributed by atoms with Crippen molar-refractivity contribution in [3.05, 3.63) is 0 Å². The first kappa shape index (κ1) is 15.5. The van der Waals surface area contributed by atoms with Gasteiger partial charge >= 0.3 is 5.97 Å². The van der Waals surface area contributed by atoms with Crippen LogP contribution in [0, 0.1) is 5.41 Å².